The molecule has 0 spiro atoms. The molecule has 0 saturated carbocycles. The molecule has 1 atom stereocenters. The number of nitrogens with zero attached hydrogens (tertiary/aromatic N) is 3. The van der Waals surface area contributed by atoms with Gasteiger partial charge in [-0.15, -0.1) is 0 Å². The molecule has 0 bridgehead atoms. The number of allylic oxidation sites excluding steroid dienone is 1. The van der Waals surface area contributed by atoms with Crippen LogP contribution in [0.5, 0.6) is 0 Å². The van der Waals surface area contributed by atoms with Gasteiger partial charge < -0.3 is 9.64 Å². The number of aromatic nitrogens is 1. The lowest BCUT2D eigenvalue weighted by molar-refractivity contribution is -0.136. The molecule has 0 fully saturated rings. The molecule has 2 aliphatic heterocycles. The van der Waals surface area contributed by atoms with E-state index in [0.717, 1.165) is 16.8 Å². The van der Waals surface area contributed by atoms with Crippen molar-refractivity contribution in [3.05, 3.63) is 96.7 Å². The average molecular weight is 460 g/mol. The lowest BCUT2D eigenvalue weighted by Crippen LogP contribution is -2.40. The van der Waals surface area contributed by atoms with Gasteiger partial charge in [-0.25, -0.2) is 9.79 Å². The quantitative estimate of drug-likeness (QED) is 0.562. The highest BCUT2D eigenvalue weighted by Crippen LogP contribution is 2.35. The number of para-hydroxylation sites is 1. The van der Waals surface area contributed by atoms with E-state index in [1.54, 1.807) is 11.8 Å². The highest BCUT2D eigenvalue weighted by atomic mass is 32.1. The fourth-order valence-electron chi connectivity index (χ4n) is 4.51. The third-order valence-electron chi connectivity index (χ3n) is 5.98. The zero-order chi connectivity index (χ0) is 23.3. The van der Waals surface area contributed by atoms with Crippen LogP contribution in [-0.4, -0.2) is 30.1 Å². The second-order valence-corrected chi connectivity index (χ2v) is 8.72. The standard InChI is InChI=1S/C25H21N3O4S/c1-4-27-17-13-9-8-12-16(17)19(22(27)29)21-23(30)28-20(15-10-6-5-7-11-15)18(24(31)32-3)14(2)26-25(28)33-21/h5-13,20H,4H2,1-3H3/t20-/m0/s1. The summed E-state index contributed by atoms with van der Waals surface area (Å²) in [5, 5.41) is 0. The van der Waals surface area contributed by atoms with Gasteiger partial charge in [-0.05, 0) is 25.5 Å². The van der Waals surface area contributed by atoms with Crippen LogP contribution in [0.1, 0.15) is 31.0 Å². The highest BCUT2D eigenvalue weighted by Gasteiger charge is 2.36. The maximum atomic E-state index is 13.8. The van der Waals surface area contributed by atoms with Gasteiger partial charge in [-0.3, -0.25) is 14.2 Å². The molecule has 0 unspecified atom stereocenters. The van der Waals surface area contributed by atoms with Gasteiger partial charge in [-0.1, -0.05) is 59.9 Å². The largest absolute Gasteiger partial charge is 0.466 e. The number of anilines is 1. The van der Waals surface area contributed by atoms with Crippen molar-refractivity contribution in [1.82, 2.24) is 4.57 Å². The number of hydrogen-bond donors (Lipinski definition) is 0. The van der Waals surface area contributed by atoms with Crippen LogP contribution < -0.4 is 19.8 Å². The minimum absolute atomic E-state index is 0.205. The summed E-state index contributed by atoms with van der Waals surface area (Å²) < 4.78 is 6.86. The SMILES string of the molecule is CCN1C(=O)C(=c2sc3n(c2=O)[C@@H](c2ccccc2)C(C(=O)OC)=C(C)N=3)c2ccccc21. The number of rotatable bonds is 3. The second-order valence-electron chi connectivity index (χ2n) is 7.75. The van der Waals surface area contributed by atoms with Crippen LogP contribution in [0.2, 0.25) is 0 Å². The number of likely N-dealkylation sites (N-methyl/N-ethyl adjacent to an activating group) is 1. The molecule has 1 amide bonds. The molecule has 0 saturated heterocycles. The molecule has 0 radical (unpaired) electrons. The Morgan fingerprint density at radius 1 is 1.09 bits per heavy atom. The number of esters is 1. The summed E-state index contributed by atoms with van der Waals surface area (Å²) >= 11 is 1.18. The first kappa shape index (κ1) is 21.1. The van der Waals surface area contributed by atoms with Crippen molar-refractivity contribution in [1.29, 1.82) is 0 Å². The Kier molecular flexibility index (Phi) is 5.09. The average Bonchev–Trinajstić information content (AvgIpc) is 3.30. The Balaban J connectivity index is 1.85. The summed E-state index contributed by atoms with van der Waals surface area (Å²) in [6.45, 7) is 4.13. The van der Waals surface area contributed by atoms with Gasteiger partial charge in [0.2, 0.25) is 0 Å². The van der Waals surface area contributed by atoms with Gasteiger partial charge in [0.1, 0.15) is 4.53 Å². The third-order valence-corrected chi connectivity index (χ3v) is 7.04. The molecule has 5 rings (SSSR count). The predicted octanol–water partition coefficient (Wildman–Crippen LogP) is 2.14. The normalized spacial score (nSPS) is 18.7. The lowest BCUT2D eigenvalue weighted by Gasteiger charge is -2.24. The Hall–Kier alpha value is -3.78. The summed E-state index contributed by atoms with van der Waals surface area (Å²) in [4.78, 5) is 46.6. The molecule has 3 heterocycles. The van der Waals surface area contributed by atoms with Crippen LogP contribution in [0.3, 0.4) is 0 Å². The van der Waals surface area contributed by atoms with E-state index in [0.29, 0.717) is 32.7 Å². The number of methoxy groups -OCH3 is 1. The molecule has 7 nitrogen and oxygen atoms in total. The molecule has 166 valence electrons. The van der Waals surface area contributed by atoms with Crippen LogP contribution in [0, 0.1) is 0 Å². The zero-order valence-corrected chi connectivity index (χ0v) is 19.2. The molecule has 2 aliphatic rings. The number of amides is 1. The molecular weight excluding hydrogens is 438 g/mol. The van der Waals surface area contributed by atoms with Gasteiger partial charge in [0.15, 0.2) is 4.80 Å². The minimum Gasteiger partial charge on any atom is -0.466 e. The van der Waals surface area contributed by atoms with Crippen molar-refractivity contribution in [2.24, 2.45) is 4.99 Å². The van der Waals surface area contributed by atoms with Crippen LogP contribution in [0.15, 0.2) is 75.7 Å². The molecule has 2 aromatic carbocycles. The van der Waals surface area contributed by atoms with E-state index in [2.05, 4.69) is 4.99 Å². The van der Waals surface area contributed by atoms with Crippen molar-refractivity contribution in [3.8, 4) is 0 Å². The van der Waals surface area contributed by atoms with Crippen LogP contribution in [-0.2, 0) is 14.3 Å². The summed E-state index contributed by atoms with van der Waals surface area (Å²) in [6.07, 6.45) is 0. The number of thiazole rings is 1. The van der Waals surface area contributed by atoms with E-state index < -0.39 is 12.0 Å². The predicted molar refractivity (Wildman–Crippen MR) is 126 cm³/mol. The second kappa shape index (κ2) is 7.97. The third kappa shape index (κ3) is 3.09. The molecule has 8 heteroatoms. The molecule has 0 aliphatic carbocycles. The number of benzene rings is 2. The van der Waals surface area contributed by atoms with Crippen LogP contribution >= 0.6 is 11.3 Å². The van der Waals surface area contributed by atoms with Crippen molar-refractivity contribution < 1.29 is 14.3 Å². The van der Waals surface area contributed by atoms with Gasteiger partial charge in [0, 0.05) is 12.1 Å². The topological polar surface area (TPSA) is 81.0 Å². The van der Waals surface area contributed by atoms with Gasteiger partial charge in [0.05, 0.1) is 35.7 Å². The van der Waals surface area contributed by atoms with E-state index in [1.165, 1.54) is 23.0 Å². The maximum absolute atomic E-state index is 13.8. The van der Waals surface area contributed by atoms with Crippen molar-refractivity contribution in [3.63, 3.8) is 0 Å². The van der Waals surface area contributed by atoms with E-state index in [-0.39, 0.29) is 11.5 Å². The summed E-state index contributed by atoms with van der Waals surface area (Å²) in [6, 6.07) is 16.1. The van der Waals surface area contributed by atoms with Crippen LogP contribution in [0.25, 0.3) is 5.57 Å². The maximum Gasteiger partial charge on any atom is 0.338 e. The van der Waals surface area contributed by atoms with Gasteiger partial charge >= 0.3 is 5.97 Å². The molecule has 0 N–H and O–H groups in total. The van der Waals surface area contributed by atoms with Gasteiger partial charge in [-0.2, -0.15) is 0 Å². The number of fused-ring (bicyclic) bond motifs is 2. The van der Waals surface area contributed by atoms with Gasteiger partial charge in [0.25, 0.3) is 11.5 Å². The highest BCUT2D eigenvalue weighted by molar-refractivity contribution is 7.07. The van der Waals surface area contributed by atoms with E-state index in [4.69, 9.17) is 4.74 Å². The smallest absolute Gasteiger partial charge is 0.338 e. The Morgan fingerprint density at radius 2 is 1.79 bits per heavy atom. The van der Waals surface area contributed by atoms with Crippen molar-refractivity contribution in [2.45, 2.75) is 19.9 Å². The fraction of sp³-hybridized carbons (Fsp3) is 0.200. The van der Waals surface area contributed by atoms with E-state index in [1.807, 2.05) is 61.5 Å². The molecule has 3 aromatic rings. The Morgan fingerprint density at radius 3 is 2.48 bits per heavy atom. The number of ether oxygens (including phenoxy) is 1. The fourth-order valence-corrected chi connectivity index (χ4v) is 5.64. The van der Waals surface area contributed by atoms with Crippen molar-refractivity contribution in [2.75, 3.05) is 18.6 Å². The zero-order valence-electron chi connectivity index (χ0n) is 18.4. The number of carbonyl (C=O) groups excluding carboxylic acids is 2. The first-order valence-corrected chi connectivity index (χ1v) is 11.4. The van der Waals surface area contributed by atoms with E-state index >= 15 is 0 Å². The summed E-state index contributed by atoms with van der Waals surface area (Å²) in [7, 11) is 1.31. The first-order valence-electron chi connectivity index (χ1n) is 10.6. The van der Waals surface area contributed by atoms with Crippen LogP contribution in [0.4, 0.5) is 5.69 Å². The van der Waals surface area contributed by atoms with Crippen molar-refractivity contribution >= 4 is 34.5 Å². The summed E-state index contributed by atoms with van der Waals surface area (Å²) in [5.41, 5.74) is 3.11. The molecular formula is C25H21N3O4S. The number of hydrogen-bond acceptors (Lipinski definition) is 6. The minimum atomic E-state index is -0.696. The summed E-state index contributed by atoms with van der Waals surface area (Å²) in [5.74, 6) is -0.744. The monoisotopic (exact) mass is 459 g/mol. The Bertz CT molecular complexity index is 1510. The van der Waals surface area contributed by atoms with E-state index in [9.17, 15) is 14.4 Å². The molecule has 1 aromatic heterocycles. The first-order chi connectivity index (χ1) is 16.0. The lowest BCUT2D eigenvalue weighted by atomic mass is 9.96. The molecule has 33 heavy (non-hydrogen) atoms. The number of carbonyl (C=O) groups is 2. The Labute approximate surface area is 193 Å².